The van der Waals surface area contributed by atoms with E-state index in [4.69, 9.17) is 4.74 Å². The Labute approximate surface area is 133 Å². The molecule has 5 heteroatoms. The van der Waals surface area contributed by atoms with Crippen molar-refractivity contribution < 1.29 is 4.74 Å². The number of aryl methyl sites for hydroxylation is 2. The molecule has 1 atom stereocenters. The van der Waals surface area contributed by atoms with Crippen molar-refractivity contribution in [3.05, 3.63) is 51.8 Å². The first-order chi connectivity index (χ1) is 10.1. The van der Waals surface area contributed by atoms with Crippen LogP contribution in [0.15, 0.2) is 34.8 Å². The van der Waals surface area contributed by atoms with Crippen LogP contribution in [-0.4, -0.2) is 29.7 Å². The summed E-state index contributed by atoms with van der Waals surface area (Å²) in [7, 11) is 0. The van der Waals surface area contributed by atoms with Crippen molar-refractivity contribution in [2.75, 3.05) is 24.6 Å². The lowest BCUT2D eigenvalue weighted by molar-refractivity contribution is 0.0392. The summed E-state index contributed by atoms with van der Waals surface area (Å²) in [5.41, 5.74) is 3.20. The summed E-state index contributed by atoms with van der Waals surface area (Å²) < 4.78 is 6.98. The first-order valence-corrected chi connectivity index (χ1v) is 7.85. The second-order valence-electron chi connectivity index (χ2n) is 5.31. The van der Waals surface area contributed by atoms with Gasteiger partial charge in [0.15, 0.2) is 0 Å². The van der Waals surface area contributed by atoms with Gasteiger partial charge in [0.05, 0.1) is 13.2 Å². The van der Waals surface area contributed by atoms with Gasteiger partial charge in [-0.1, -0.05) is 28.1 Å². The van der Waals surface area contributed by atoms with E-state index in [1.165, 1.54) is 5.56 Å². The maximum absolute atomic E-state index is 5.90. The molecular formula is C16H18BrN3O. The van der Waals surface area contributed by atoms with Crippen LogP contribution >= 0.6 is 15.9 Å². The van der Waals surface area contributed by atoms with Crippen molar-refractivity contribution in [1.82, 2.24) is 9.97 Å². The molecule has 1 aromatic carbocycles. The second-order valence-corrected chi connectivity index (χ2v) is 6.22. The number of benzene rings is 1. The Morgan fingerprint density at radius 2 is 1.81 bits per heavy atom. The van der Waals surface area contributed by atoms with Gasteiger partial charge in [0.2, 0.25) is 5.95 Å². The normalized spacial score (nSPS) is 18.8. The Morgan fingerprint density at radius 1 is 1.14 bits per heavy atom. The van der Waals surface area contributed by atoms with E-state index in [2.05, 4.69) is 42.9 Å². The van der Waals surface area contributed by atoms with E-state index in [1.54, 1.807) is 0 Å². The van der Waals surface area contributed by atoms with E-state index >= 15 is 0 Å². The average Bonchev–Trinajstić information content (AvgIpc) is 2.47. The zero-order valence-corrected chi connectivity index (χ0v) is 13.8. The molecule has 2 aromatic rings. The Balaban J connectivity index is 1.80. The van der Waals surface area contributed by atoms with Crippen LogP contribution in [0, 0.1) is 13.8 Å². The van der Waals surface area contributed by atoms with Gasteiger partial charge in [0, 0.05) is 22.4 Å². The third kappa shape index (κ3) is 3.41. The monoisotopic (exact) mass is 347 g/mol. The van der Waals surface area contributed by atoms with Gasteiger partial charge in [-0.3, -0.25) is 0 Å². The van der Waals surface area contributed by atoms with Crippen molar-refractivity contribution in [3.63, 3.8) is 0 Å². The Morgan fingerprint density at radius 3 is 2.48 bits per heavy atom. The van der Waals surface area contributed by atoms with Crippen molar-refractivity contribution >= 4 is 21.9 Å². The minimum atomic E-state index is 0.0660. The highest BCUT2D eigenvalue weighted by Gasteiger charge is 2.23. The number of rotatable bonds is 2. The van der Waals surface area contributed by atoms with Gasteiger partial charge >= 0.3 is 0 Å². The summed E-state index contributed by atoms with van der Waals surface area (Å²) in [5, 5.41) is 0. The van der Waals surface area contributed by atoms with Gasteiger partial charge in [-0.2, -0.15) is 0 Å². The van der Waals surface area contributed by atoms with Crippen LogP contribution in [0.1, 0.15) is 23.1 Å². The van der Waals surface area contributed by atoms with Crippen LogP contribution in [0.2, 0.25) is 0 Å². The highest BCUT2D eigenvalue weighted by atomic mass is 79.9. The molecule has 0 aliphatic carbocycles. The lowest BCUT2D eigenvalue weighted by atomic mass is 10.1. The number of hydrogen-bond acceptors (Lipinski definition) is 4. The fourth-order valence-electron chi connectivity index (χ4n) is 2.56. The summed E-state index contributed by atoms with van der Waals surface area (Å²) in [6, 6.07) is 10.3. The van der Waals surface area contributed by atoms with Gasteiger partial charge in [0.25, 0.3) is 0 Å². The lowest BCUT2D eigenvalue weighted by Gasteiger charge is -2.33. The largest absolute Gasteiger partial charge is 0.370 e. The van der Waals surface area contributed by atoms with Crippen molar-refractivity contribution in [1.29, 1.82) is 0 Å². The van der Waals surface area contributed by atoms with Crippen LogP contribution < -0.4 is 4.90 Å². The minimum Gasteiger partial charge on any atom is -0.370 e. The second kappa shape index (κ2) is 6.12. The van der Waals surface area contributed by atoms with Gasteiger partial charge in [-0.05, 0) is 37.6 Å². The molecule has 0 N–H and O–H groups in total. The van der Waals surface area contributed by atoms with Crippen LogP contribution in [0.5, 0.6) is 0 Å². The standard InChI is InChI=1S/C16H18BrN3O/c1-11-9-12(2)19-16(18-11)20-7-8-21-15(10-20)13-3-5-14(17)6-4-13/h3-6,9,15H,7-8,10H2,1-2H3. The molecule has 1 fully saturated rings. The van der Waals surface area contributed by atoms with Crippen molar-refractivity contribution in [2.45, 2.75) is 20.0 Å². The molecule has 1 saturated heterocycles. The van der Waals surface area contributed by atoms with Crippen LogP contribution in [0.25, 0.3) is 0 Å². The summed E-state index contributed by atoms with van der Waals surface area (Å²) >= 11 is 3.46. The maximum Gasteiger partial charge on any atom is 0.225 e. The Bertz CT molecular complexity index is 610. The molecule has 110 valence electrons. The molecule has 21 heavy (non-hydrogen) atoms. The Hall–Kier alpha value is -1.46. The summed E-state index contributed by atoms with van der Waals surface area (Å²) in [6.45, 7) is 6.31. The van der Waals surface area contributed by atoms with Crippen LogP contribution in [0.3, 0.4) is 0 Å². The molecule has 1 aliphatic heterocycles. The van der Waals surface area contributed by atoms with Gasteiger partial charge in [0.1, 0.15) is 6.10 Å². The van der Waals surface area contributed by atoms with Gasteiger partial charge in [-0.15, -0.1) is 0 Å². The number of hydrogen-bond donors (Lipinski definition) is 0. The highest BCUT2D eigenvalue weighted by Crippen LogP contribution is 2.25. The van der Waals surface area contributed by atoms with Gasteiger partial charge in [-0.25, -0.2) is 9.97 Å². The van der Waals surface area contributed by atoms with Crippen LogP contribution in [-0.2, 0) is 4.74 Å². The number of aromatic nitrogens is 2. The fourth-order valence-corrected chi connectivity index (χ4v) is 2.82. The Kier molecular flexibility index (Phi) is 4.22. The molecule has 0 saturated carbocycles. The molecule has 1 aliphatic rings. The SMILES string of the molecule is Cc1cc(C)nc(N2CCOC(c3ccc(Br)cc3)C2)n1. The number of ether oxygens (including phenoxy) is 1. The molecule has 0 amide bonds. The number of anilines is 1. The maximum atomic E-state index is 5.90. The summed E-state index contributed by atoms with van der Waals surface area (Å²) in [4.78, 5) is 11.3. The lowest BCUT2D eigenvalue weighted by Crippen LogP contribution is -2.39. The summed E-state index contributed by atoms with van der Waals surface area (Å²) in [5.74, 6) is 0.804. The zero-order valence-electron chi connectivity index (χ0n) is 12.2. The van der Waals surface area contributed by atoms with E-state index in [-0.39, 0.29) is 6.10 Å². The van der Waals surface area contributed by atoms with E-state index in [1.807, 2.05) is 32.0 Å². The molecule has 3 rings (SSSR count). The molecule has 2 heterocycles. The van der Waals surface area contributed by atoms with E-state index in [0.717, 1.165) is 34.9 Å². The van der Waals surface area contributed by atoms with Crippen molar-refractivity contribution in [2.24, 2.45) is 0 Å². The molecule has 0 spiro atoms. The topological polar surface area (TPSA) is 38.2 Å². The molecule has 0 bridgehead atoms. The summed E-state index contributed by atoms with van der Waals surface area (Å²) in [6.07, 6.45) is 0.0660. The number of halogens is 1. The third-order valence-corrected chi connectivity index (χ3v) is 4.09. The predicted molar refractivity (Wildman–Crippen MR) is 86.6 cm³/mol. The van der Waals surface area contributed by atoms with E-state index in [0.29, 0.717) is 6.61 Å². The first kappa shape index (κ1) is 14.5. The fraction of sp³-hybridized carbons (Fsp3) is 0.375. The molecule has 4 nitrogen and oxygen atoms in total. The molecule has 0 radical (unpaired) electrons. The van der Waals surface area contributed by atoms with E-state index < -0.39 is 0 Å². The number of morpholine rings is 1. The average molecular weight is 348 g/mol. The quantitative estimate of drug-likeness (QED) is 0.834. The van der Waals surface area contributed by atoms with Crippen molar-refractivity contribution in [3.8, 4) is 0 Å². The predicted octanol–water partition coefficient (Wildman–Crippen LogP) is 3.43. The first-order valence-electron chi connectivity index (χ1n) is 7.06. The molecule has 1 aromatic heterocycles. The van der Waals surface area contributed by atoms with Gasteiger partial charge < -0.3 is 9.64 Å². The molecule has 1 unspecified atom stereocenters. The van der Waals surface area contributed by atoms with E-state index in [9.17, 15) is 0 Å². The molecular weight excluding hydrogens is 330 g/mol. The minimum absolute atomic E-state index is 0.0660. The van der Waals surface area contributed by atoms with Crippen LogP contribution in [0.4, 0.5) is 5.95 Å². The zero-order chi connectivity index (χ0) is 14.8. The number of nitrogens with zero attached hydrogens (tertiary/aromatic N) is 3. The highest BCUT2D eigenvalue weighted by molar-refractivity contribution is 9.10. The smallest absolute Gasteiger partial charge is 0.225 e. The third-order valence-electron chi connectivity index (χ3n) is 3.56.